The van der Waals surface area contributed by atoms with Crippen LogP contribution in [0.2, 0.25) is 0 Å². The third-order valence-electron chi connectivity index (χ3n) is 1.95. The molecule has 4 heteroatoms. The minimum atomic E-state index is -0.0356. The summed E-state index contributed by atoms with van der Waals surface area (Å²) in [6.07, 6.45) is 0.175. The van der Waals surface area contributed by atoms with Gasteiger partial charge in [0.05, 0.1) is 7.11 Å². The van der Waals surface area contributed by atoms with Crippen LogP contribution < -0.4 is 4.74 Å². The molecule has 1 heterocycles. The Morgan fingerprint density at radius 2 is 2.29 bits per heavy atom. The molecule has 0 aliphatic heterocycles. The molecule has 72 valence electrons. The Hall–Kier alpha value is -1.84. The molecule has 1 aromatic carbocycles. The Labute approximate surface area is 80.5 Å². The lowest BCUT2D eigenvalue weighted by Gasteiger charge is -1.93. The molecule has 0 saturated carbocycles. The first-order valence-electron chi connectivity index (χ1n) is 4.17. The van der Waals surface area contributed by atoms with E-state index in [4.69, 9.17) is 9.15 Å². The lowest BCUT2D eigenvalue weighted by molar-refractivity contribution is 0.101. The summed E-state index contributed by atoms with van der Waals surface area (Å²) in [5.74, 6) is -0.0356. The Morgan fingerprint density at radius 3 is 2.93 bits per heavy atom. The van der Waals surface area contributed by atoms with E-state index in [9.17, 15) is 4.79 Å². The highest BCUT2D eigenvalue weighted by atomic mass is 16.6. The molecule has 0 unspecified atom stereocenters. The lowest BCUT2D eigenvalue weighted by atomic mass is 10.1. The zero-order valence-corrected chi connectivity index (χ0v) is 7.90. The minimum absolute atomic E-state index is 0.0356. The summed E-state index contributed by atoms with van der Waals surface area (Å²) in [6.45, 7) is 1.50. The van der Waals surface area contributed by atoms with E-state index in [1.54, 1.807) is 18.2 Å². The van der Waals surface area contributed by atoms with E-state index < -0.39 is 0 Å². The van der Waals surface area contributed by atoms with E-state index in [2.05, 4.69) is 4.98 Å². The topological polar surface area (TPSA) is 52.3 Å². The Morgan fingerprint density at radius 1 is 1.50 bits per heavy atom. The Kier molecular flexibility index (Phi) is 1.96. The molecule has 2 aromatic rings. The van der Waals surface area contributed by atoms with E-state index in [1.807, 2.05) is 0 Å². The predicted octanol–water partition coefficient (Wildman–Crippen LogP) is 2.04. The molecule has 1 aromatic heterocycles. The summed E-state index contributed by atoms with van der Waals surface area (Å²) >= 11 is 0. The number of hydrogen-bond donors (Lipinski definition) is 0. The van der Waals surface area contributed by atoms with Crippen LogP contribution in [-0.4, -0.2) is 17.9 Å². The van der Waals surface area contributed by atoms with Gasteiger partial charge in [0, 0.05) is 5.56 Å². The first-order valence-corrected chi connectivity index (χ1v) is 4.17. The van der Waals surface area contributed by atoms with Gasteiger partial charge in [0.25, 0.3) is 0 Å². The summed E-state index contributed by atoms with van der Waals surface area (Å²) in [7, 11) is 1.47. The van der Waals surface area contributed by atoms with Crippen molar-refractivity contribution in [2.24, 2.45) is 0 Å². The molecular weight excluding hydrogens is 182 g/mol. The number of benzene rings is 1. The van der Waals surface area contributed by atoms with Crippen LogP contribution in [0.1, 0.15) is 17.3 Å². The summed E-state index contributed by atoms with van der Waals surface area (Å²) in [5.41, 5.74) is 1.67. The number of aromatic nitrogens is 1. The van der Waals surface area contributed by atoms with E-state index >= 15 is 0 Å². The number of carbonyl (C=O) groups excluding carboxylic acids is 1. The Bertz CT molecular complexity index is 487. The maximum atomic E-state index is 11.2. The van der Waals surface area contributed by atoms with Crippen LogP contribution in [0.3, 0.4) is 0 Å². The van der Waals surface area contributed by atoms with Crippen molar-refractivity contribution in [3.8, 4) is 6.08 Å². The van der Waals surface area contributed by atoms with Crippen molar-refractivity contribution in [3.05, 3.63) is 23.8 Å². The zero-order valence-electron chi connectivity index (χ0n) is 7.90. The number of para-hydroxylation sites is 1. The van der Waals surface area contributed by atoms with Gasteiger partial charge in [-0.05, 0) is 19.1 Å². The lowest BCUT2D eigenvalue weighted by Crippen LogP contribution is -1.92. The van der Waals surface area contributed by atoms with Gasteiger partial charge in [-0.15, -0.1) is 0 Å². The van der Waals surface area contributed by atoms with E-state index in [0.29, 0.717) is 16.7 Å². The normalized spacial score (nSPS) is 10.4. The van der Waals surface area contributed by atoms with Crippen molar-refractivity contribution in [2.45, 2.75) is 6.92 Å². The molecule has 0 amide bonds. The molecule has 0 N–H and O–H groups in total. The van der Waals surface area contributed by atoms with Crippen LogP contribution in [-0.2, 0) is 0 Å². The van der Waals surface area contributed by atoms with Crippen LogP contribution in [0.4, 0.5) is 0 Å². The number of oxazole rings is 1. The standard InChI is InChI=1S/C10H9NO3/c1-6(12)7-4-3-5-8-9(7)11-10(13-2)14-8/h3-5H,1-2H3. The fourth-order valence-electron chi connectivity index (χ4n) is 1.30. The van der Waals surface area contributed by atoms with Gasteiger partial charge >= 0.3 is 6.08 Å². The molecule has 0 saturated heterocycles. The van der Waals surface area contributed by atoms with Gasteiger partial charge < -0.3 is 9.15 Å². The number of Topliss-reactive ketones (excluding diaryl/α,β-unsaturated/α-hetero) is 1. The molecule has 2 rings (SSSR count). The minimum Gasteiger partial charge on any atom is -0.453 e. The van der Waals surface area contributed by atoms with E-state index in [0.717, 1.165) is 0 Å². The molecule has 0 aliphatic rings. The Balaban J connectivity index is 2.73. The van der Waals surface area contributed by atoms with E-state index in [1.165, 1.54) is 14.0 Å². The van der Waals surface area contributed by atoms with Crippen molar-refractivity contribution in [3.63, 3.8) is 0 Å². The fourth-order valence-corrected chi connectivity index (χ4v) is 1.30. The van der Waals surface area contributed by atoms with Gasteiger partial charge in [-0.1, -0.05) is 6.07 Å². The van der Waals surface area contributed by atoms with Crippen molar-refractivity contribution >= 4 is 16.9 Å². The molecule has 0 fully saturated rings. The summed E-state index contributed by atoms with van der Waals surface area (Å²) < 4.78 is 10.1. The molecule has 0 radical (unpaired) electrons. The summed E-state index contributed by atoms with van der Waals surface area (Å²) in [5, 5.41) is 0. The molecule has 0 atom stereocenters. The van der Waals surface area contributed by atoms with Crippen LogP contribution >= 0.6 is 0 Å². The molecule has 14 heavy (non-hydrogen) atoms. The molecule has 0 aliphatic carbocycles. The number of fused-ring (bicyclic) bond motifs is 1. The second-order valence-electron chi connectivity index (χ2n) is 2.89. The second kappa shape index (κ2) is 3.14. The van der Waals surface area contributed by atoms with Crippen molar-refractivity contribution in [2.75, 3.05) is 7.11 Å². The molecule has 0 bridgehead atoms. The summed E-state index contributed by atoms with van der Waals surface area (Å²) in [6, 6.07) is 5.22. The third-order valence-corrected chi connectivity index (χ3v) is 1.95. The predicted molar refractivity (Wildman–Crippen MR) is 50.6 cm³/mol. The quantitative estimate of drug-likeness (QED) is 0.681. The van der Waals surface area contributed by atoms with Gasteiger partial charge in [0.1, 0.15) is 5.52 Å². The third kappa shape index (κ3) is 1.25. The first-order chi connectivity index (χ1) is 6.72. The molecule has 0 spiro atoms. The van der Waals surface area contributed by atoms with Gasteiger partial charge in [-0.25, -0.2) is 0 Å². The number of nitrogens with zero attached hydrogens (tertiary/aromatic N) is 1. The second-order valence-corrected chi connectivity index (χ2v) is 2.89. The zero-order chi connectivity index (χ0) is 10.1. The largest absolute Gasteiger partial charge is 0.453 e. The summed E-state index contributed by atoms with van der Waals surface area (Å²) in [4.78, 5) is 15.3. The van der Waals surface area contributed by atoms with Gasteiger partial charge in [-0.3, -0.25) is 4.79 Å². The monoisotopic (exact) mass is 191 g/mol. The maximum Gasteiger partial charge on any atom is 0.394 e. The number of hydrogen-bond acceptors (Lipinski definition) is 4. The molecular formula is C10H9NO3. The van der Waals surface area contributed by atoms with Crippen molar-refractivity contribution in [1.29, 1.82) is 0 Å². The highest BCUT2D eigenvalue weighted by Crippen LogP contribution is 2.23. The number of rotatable bonds is 2. The van der Waals surface area contributed by atoms with Crippen LogP contribution in [0.5, 0.6) is 6.08 Å². The van der Waals surface area contributed by atoms with Crippen LogP contribution in [0, 0.1) is 0 Å². The number of ether oxygens (including phenoxy) is 1. The highest BCUT2D eigenvalue weighted by molar-refractivity contribution is 6.04. The van der Waals surface area contributed by atoms with Crippen molar-refractivity contribution in [1.82, 2.24) is 4.98 Å². The van der Waals surface area contributed by atoms with E-state index in [-0.39, 0.29) is 11.9 Å². The van der Waals surface area contributed by atoms with Gasteiger partial charge in [0.2, 0.25) is 0 Å². The maximum absolute atomic E-state index is 11.2. The number of carbonyl (C=O) groups is 1. The molecule has 4 nitrogen and oxygen atoms in total. The first kappa shape index (κ1) is 8.74. The fraction of sp³-hybridized carbons (Fsp3) is 0.200. The average molecular weight is 191 g/mol. The van der Waals surface area contributed by atoms with Crippen LogP contribution in [0.25, 0.3) is 11.1 Å². The van der Waals surface area contributed by atoms with Crippen molar-refractivity contribution < 1.29 is 13.9 Å². The van der Waals surface area contributed by atoms with Gasteiger partial charge in [-0.2, -0.15) is 4.98 Å². The SMILES string of the molecule is COc1nc2c(C(C)=O)cccc2o1. The van der Waals surface area contributed by atoms with Gasteiger partial charge in [0.15, 0.2) is 11.4 Å². The average Bonchev–Trinajstić information content (AvgIpc) is 2.59. The number of methoxy groups -OCH3 is 1. The number of ketones is 1. The van der Waals surface area contributed by atoms with Crippen LogP contribution in [0.15, 0.2) is 22.6 Å². The smallest absolute Gasteiger partial charge is 0.394 e. The highest BCUT2D eigenvalue weighted by Gasteiger charge is 2.11.